The number of rotatable bonds is 12. The average molecular weight is 365 g/mol. The summed E-state index contributed by atoms with van der Waals surface area (Å²) in [5.74, 6) is 0.709. The van der Waals surface area contributed by atoms with Gasteiger partial charge in [0.15, 0.2) is 0 Å². The Hall–Kier alpha value is -0.903. The number of hydrogen-bond donors (Lipinski definition) is 0. The molecule has 25 heavy (non-hydrogen) atoms. The Morgan fingerprint density at radius 2 is 1.08 bits per heavy atom. The molecular weight excluding hydrogens is 324 g/mol. The van der Waals surface area contributed by atoms with Crippen LogP contribution in [0.25, 0.3) is 0 Å². The van der Waals surface area contributed by atoms with Crippen LogP contribution in [-0.2, 0) is 8.85 Å². The minimum absolute atomic E-state index is 0.355. The molecule has 0 aliphatic heterocycles. The zero-order chi connectivity index (χ0) is 19.6. The lowest BCUT2D eigenvalue weighted by Gasteiger charge is -2.28. The van der Waals surface area contributed by atoms with Crippen molar-refractivity contribution in [1.29, 1.82) is 0 Å². The fourth-order valence-electron chi connectivity index (χ4n) is 2.22. The van der Waals surface area contributed by atoms with Gasteiger partial charge in [0.25, 0.3) is 0 Å². The molecule has 0 radical (unpaired) electrons. The van der Waals surface area contributed by atoms with E-state index < -0.39 is 8.56 Å². The standard InChI is InChI=1S/C22H40O2Si/c1-17(2)11-13-21(19(5)6)15-23-25(9,10)24-16-22(20(7)8)14-12-18(3)4/h11-12,21-22H,5,7,13-16H2,1-4,6,8-10H3. The summed E-state index contributed by atoms with van der Waals surface area (Å²) in [5.41, 5.74) is 5.02. The maximum atomic E-state index is 6.22. The fourth-order valence-corrected chi connectivity index (χ4v) is 3.51. The third-order valence-electron chi connectivity index (χ3n) is 4.28. The molecule has 0 saturated heterocycles. The van der Waals surface area contributed by atoms with Gasteiger partial charge in [-0.3, -0.25) is 0 Å². The van der Waals surface area contributed by atoms with Crippen LogP contribution in [0.5, 0.6) is 0 Å². The van der Waals surface area contributed by atoms with E-state index in [1.165, 1.54) is 22.3 Å². The first-order chi connectivity index (χ1) is 11.4. The van der Waals surface area contributed by atoms with Crippen LogP contribution in [-0.4, -0.2) is 21.8 Å². The van der Waals surface area contributed by atoms with Crippen molar-refractivity contribution in [2.75, 3.05) is 13.2 Å². The van der Waals surface area contributed by atoms with Gasteiger partial charge in [0, 0.05) is 25.0 Å². The second kappa shape index (κ2) is 11.7. The lowest BCUT2D eigenvalue weighted by atomic mass is 9.98. The lowest BCUT2D eigenvalue weighted by molar-refractivity contribution is 0.148. The molecule has 0 aromatic carbocycles. The van der Waals surface area contributed by atoms with Crippen LogP contribution in [0.3, 0.4) is 0 Å². The smallest absolute Gasteiger partial charge is 0.331 e. The average Bonchev–Trinajstić information content (AvgIpc) is 2.45. The van der Waals surface area contributed by atoms with E-state index in [-0.39, 0.29) is 0 Å². The monoisotopic (exact) mass is 364 g/mol. The Labute approximate surface area is 157 Å². The van der Waals surface area contributed by atoms with E-state index in [4.69, 9.17) is 8.85 Å². The van der Waals surface area contributed by atoms with Crippen molar-refractivity contribution in [2.45, 2.75) is 67.5 Å². The largest absolute Gasteiger partial charge is 0.394 e. The molecule has 0 saturated carbocycles. The molecule has 0 aliphatic carbocycles. The summed E-state index contributed by atoms with van der Waals surface area (Å²) < 4.78 is 12.4. The summed E-state index contributed by atoms with van der Waals surface area (Å²) in [6.07, 6.45) is 6.48. The van der Waals surface area contributed by atoms with Crippen LogP contribution in [0.2, 0.25) is 13.1 Å². The van der Waals surface area contributed by atoms with E-state index in [2.05, 4.69) is 79.9 Å². The maximum Gasteiger partial charge on any atom is 0.331 e. The van der Waals surface area contributed by atoms with Crippen LogP contribution in [0.15, 0.2) is 47.6 Å². The van der Waals surface area contributed by atoms with Crippen molar-refractivity contribution in [2.24, 2.45) is 11.8 Å². The Morgan fingerprint density at radius 1 is 0.760 bits per heavy atom. The molecule has 0 bridgehead atoms. The highest BCUT2D eigenvalue weighted by atomic mass is 28.4. The molecule has 2 nitrogen and oxygen atoms in total. The summed E-state index contributed by atoms with van der Waals surface area (Å²) in [6, 6.07) is 0. The molecule has 144 valence electrons. The van der Waals surface area contributed by atoms with Crippen molar-refractivity contribution in [3.63, 3.8) is 0 Å². The third kappa shape index (κ3) is 12.1. The minimum atomic E-state index is -2.16. The van der Waals surface area contributed by atoms with Gasteiger partial charge < -0.3 is 8.85 Å². The minimum Gasteiger partial charge on any atom is -0.394 e. The molecule has 0 aromatic rings. The molecule has 2 atom stereocenters. The van der Waals surface area contributed by atoms with Gasteiger partial charge in [0.05, 0.1) is 0 Å². The SMILES string of the molecule is C=C(C)C(CC=C(C)C)CO[Si](C)(C)OCC(CC=C(C)C)C(=C)C. The molecular formula is C22H40O2Si. The molecule has 0 spiro atoms. The number of allylic oxidation sites excluding steroid dienone is 4. The molecule has 0 heterocycles. The highest BCUT2D eigenvalue weighted by molar-refractivity contribution is 6.64. The quantitative estimate of drug-likeness (QED) is 0.279. The van der Waals surface area contributed by atoms with E-state index in [0.717, 1.165) is 12.8 Å². The first-order valence-corrected chi connectivity index (χ1v) is 12.1. The van der Waals surface area contributed by atoms with Gasteiger partial charge in [-0.1, -0.05) is 47.6 Å². The Balaban J connectivity index is 4.63. The van der Waals surface area contributed by atoms with Crippen LogP contribution >= 0.6 is 0 Å². The van der Waals surface area contributed by atoms with Crippen molar-refractivity contribution in [3.8, 4) is 0 Å². The summed E-state index contributed by atoms with van der Waals surface area (Å²) in [7, 11) is -2.16. The van der Waals surface area contributed by atoms with Gasteiger partial charge in [0.2, 0.25) is 0 Å². The molecule has 0 aliphatic rings. The molecule has 0 aromatic heterocycles. The maximum absolute atomic E-state index is 6.22. The molecule has 0 fully saturated rings. The number of hydrogen-bond acceptors (Lipinski definition) is 2. The van der Waals surface area contributed by atoms with E-state index in [0.29, 0.717) is 25.0 Å². The van der Waals surface area contributed by atoms with Crippen molar-refractivity contribution in [1.82, 2.24) is 0 Å². The van der Waals surface area contributed by atoms with Crippen LogP contribution in [0.4, 0.5) is 0 Å². The molecule has 3 heteroatoms. The summed E-state index contributed by atoms with van der Waals surface area (Å²) in [6.45, 7) is 26.5. The summed E-state index contributed by atoms with van der Waals surface area (Å²) >= 11 is 0. The van der Waals surface area contributed by atoms with Crippen LogP contribution < -0.4 is 0 Å². The third-order valence-corrected chi connectivity index (χ3v) is 6.00. The molecule has 0 amide bonds. The molecule has 0 N–H and O–H groups in total. The van der Waals surface area contributed by atoms with Gasteiger partial charge >= 0.3 is 8.56 Å². The van der Waals surface area contributed by atoms with Gasteiger partial charge in [-0.05, 0) is 67.5 Å². The highest BCUT2D eigenvalue weighted by Gasteiger charge is 2.27. The topological polar surface area (TPSA) is 18.5 Å². The lowest BCUT2D eigenvalue weighted by Crippen LogP contribution is -2.38. The Morgan fingerprint density at radius 3 is 1.32 bits per heavy atom. The fraction of sp³-hybridized carbons (Fsp3) is 0.636. The predicted octanol–water partition coefficient (Wildman–Crippen LogP) is 6.82. The second-order valence-corrected chi connectivity index (χ2v) is 11.5. The Bertz CT molecular complexity index is 448. The van der Waals surface area contributed by atoms with Gasteiger partial charge in [-0.25, -0.2) is 0 Å². The van der Waals surface area contributed by atoms with Crippen molar-refractivity contribution < 1.29 is 8.85 Å². The normalized spacial score (nSPS) is 13.8. The summed E-state index contributed by atoms with van der Waals surface area (Å²) in [4.78, 5) is 0. The molecule has 2 unspecified atom stereocenters. The van der Waals surface area contributed by atoms with Crippen molar-refractivity contribution in [3.05, 3.63) is 47.6 Å². The van der Waals surface area contributed by atoms with Crippen molar-refractivity contribution >= 4 is 8.56 Å². The summed E-state index contributed by atoms with van der Waals surface area (Å²) in [5, 5.41) is 0. The van der Waals surface area contributed by atoms with Crippen LogP contribution in [0, 0.1) is 11.8 Å². The molecule has 0 rings (SSSR count). The first-order valence-electron chi connectivity index (χ1n) is 9.30. The van der Waals surface area contributed by atoms with E-state index >= 15 is 0 Å². The predicted molar refractivity (Wildman–Crippen MR) is 114 cm³/mol. The van der Waals surface area contributed by atoms with E-state index in [9.17, 15) is 0 Å². The zero-order valence-corrected chi connectivity index (χ0v) is 18.9. The van der Waals surface area contributed by atoms with E-state index in [1.54, 1.807) is 0 Å². The van der Waals surface area contributed by atoms with E-state index in [1.807, 2.05) is 0 Å². The first kappa shape index (κ1) is 24.1. The van der Waals surface area contributed by atoms with Gasteiger partial charge in [-0.15, -0.1) is 0 Å². The van der Waals surface area contributed by atoms with Gasteiger partial charge in [0.1, 0.15) is 0 Å². The van der Waals surface area contributed by atoms with Gasteiger partial charge in [-0.2, -0.15) is 0 Å². The van der Waals surface area contributed by atoms with Crippen LogP contribution in [0.1, 0.15) is 54.4 Å². The zero-order valence-electron chi connectivity index (χ0n) is 17.9. The highest BCUT2D eigenvalue weighted by Crippen LogP contribution is 2.21. The Kier molecular flexibility index (Phi) is 11.2. The second-order valence-electron chi connectivity index (χ2n) is 8.14.